The first-order valence-electron chi connectivity index (χ1n) is 11.3. The predicted molar refractivity (Wildman–Crippen MR) is 125 cm³/mol. The number of nitrogens with zero attached hydrogens (tertiary/aromatic N) is 3. The number of carbonyl (C=O) groups is 1. The molecule has 1 N–H and O–H groups in total. The lowest BCUT2D eigenvalue weighted by molar-refractivity contribution is -0.138. The molecule has 186 valence electrons. The second kappa shape index (κ2) is 11.1. The molecule has 1 aliphatic heterocycles. The Labute approximate surface area is 198 Å². The normalized spacial score (nSPS) is 14.8. The first-order valence-corrected chi connectivity index (χ1v) is 12.9. The number of unbranched alkanes of at least 4 members (excludes halogenated alkanes) is 3. The molecular weight excluding hydrogens is 469 g/mol. The summed E-state index contributed by atoms with van der Waals surface area (Å²) in [6.45, 7) is 3.42. The molecule has 3 rings (SSSR count). The highest BCUT2D eigenvalue weighted by molar-refractivity contribution is 7.92. The summed E-state index contributed by atoms with van der Waals surface area (Å²) in [6, 6.07) is 8.11. The van der Waals surface area contributed by atoms with Crippen LogP contribution in [0.15, 0.2) is 42.6 Å². The van der Waals surface area contributed by atoms with Crippen LogP contribution in [0.1, 0.15) is 48.5 Å². The number of hydrogen-bond donors (Lipinski definition) is 1. The van der Waals surface area contributed by atoms with Gasteiger partial charge in [-0.2, -0.15) is 13.2 Å². The van der Waals surface area contributed by atoms with Gasteiger partial charge in [0.25, 0.3) is 5.91 Å². The lowest BCUT2D eigenvalue weighted by Crippen LogP contribution is -2.49. The maximum Gasteiger partial charge on any atom is 0.417 e. The first kappa shape index (κ1) is 25.8. The fourth-order valence-corrected chi connectivity index (χ4v) is 4.94. The van der Waals surface area contributed by atoms with E-state index < -0.39 is 27.7 Å². The third-order valence-electron chi connectivity index (χ3n) is 5.67. The minimum atomic E-state index is -4.60. The van der Waals surface area contributed by atoms with Gasteiger partial charge >= 0.3 is 6.18 Å². The van der Waals surface area contributed by atoms with E-state index >= 15 is 0 Å². The minimum absolute atomic E-state index is 0.0455. The number of rotatable bonds is 9. The molecule has 0 spiro atoms. The molecule has 1 fully saturated rings. The Bertz CT molecular complexity index is 1070. The highest BCUT2D eigenvalue weighted by Crippen LogP contribution is 2.32. The van der Waals surface area contributed by atoms with Crippen molar-refractivity contribution in [1.82, 2.24) is 9.88 Å². The molecule has 0 unspecified atom stereocenters. The van der Waals surface area contributed by atoms with Crippen molar-refractivity contribution in [3.63, 3.8) is 0 Å². The largest absolute Gasteiger partial charge is 0.417 e. The molecule has 2 heterocycles. The molecular formula is C23H29F3N4O3S. The summed E-state index contributed by atoms with van der Waals surface area (Å²) >= 11 is 0. The summed E-state index contributed by atoms with van der Waals surface area (Å²) in [5.74, 6) is -0.365. The number of alkyl halides is 3. The lowest BCUT2D eigenvalue weighted by atomic mass is 10.1. The van der Waals surface area contributed by atoms with Crippen LogP contribution < -0.4 is 9.62 Å². The van der Waals surface area contributed by atoms with E-state index in [4.69, 9.17) is 0 Å². The van der Waals surface area contributed by atoms with Gasteiger partial charge in [-0.15, -0.1) is 0 Å². The summed E-state index contributed by atoms with van der Waals surface area (Å²) in [5, 5.41) is 0. The number of aromatic nitrogens is 1. The number of amides is 1. The zero-order chi connectivity index (χ0) is 24.8. The average Bonchev–Trinajstić information content (AvgIpc) is 2.81. The van der Waals surface area contributed by atoms with Crippen LogP contribution in [0.5, 0.6) is 0 Å². The molecule has 0 bridgehead atoms. The highest BCUT2D eigenvalue weighted by atomic mass is 32.2. The maximum atomic E-state index is 13.3. The van der Waals surface area contributed by atoms with Crippen LogP contribution in [0.25, 0.3) is 0 Å². The molecule has 7 nitrogen and oxygen atoms in total. The second-order valence-corrected chi connectivity index (χ2v) is 10.0. The second-order valence-electron chi connectivity index (χ2n) is 8.21. The van der Waals surface area contributed by atoms with Crippen LogP contribution in [0, 0.1) is 0 Å². The predicted octanol–water partition coefficient (Wildman–Crippen LogP) is 4.38. The fourth-order valence-electron chi connectivity index (χ4n) is 3.82. The summed E-state index contributed by atoms with van der Waals surface area (Å²) in [5.41, 5.74) is -0.542. The number of carbonyl (C=O) groups excluding carboxylic acids is 1. The van der Waals surface area contributed by atoms with Crippen LogP contribution in [0.3, 0.4) is 0 Å². The smallest absolute Gasteiger partial charge is 0.367 e. The topological polar surface area (TPSA) is 82.6 Å². The molecule has 1 aromatic carbocycles. The Balaban J connectivity index is 1.56. The van der Waals surface area contributed by atoms with Gasteiger partial charge in [0, 0.05) is 26.2 Å². The number of hydrogen-bond acceptors (Lipinski definition) is 5. The maximum absolute atomic E-state index is 13.3. The van der Waals surface area contributed by atoms with Gasteiger partial charge in [0.2, 0.25) is 10.0 Å². The molecule has 1 amide bonds. The van der Waals surface area contributed by atoms with Gasteiger partial charge in [-0.1, -0.05) is 38.3 Å². The van der Waals surface area contributed by atoms with Crippen molar-refractivity contribution < 1.29 is 26.4 Å². The van der Waals surface area contributed by atoms with Gasteiger partial charge in [0.1, 0.15) is 5.82 Å². The SMILES string of the molecule is CCCCCCS(=O)(=O)Nc1ccc(N2CCN(C(=O)c3ccccc3C(F)(F)F)CC2)cn1. The van der Waals surface area contributed by atoms with Gasteiger partial charge in [-0.25, -0.2) is 13.4 Å². The third kappa shape index (κ3) is 6.85. The van der Waals surface area contributed by atoms with E-state index in [1.165, 1.54) is 23.1 Å². The Morgan fingerprint density at radius 3 is 2.35 bits per heavy atom. The molecule has 11 heteroatoms. The summed E-state index contributed by atoms with van der Waals surface area (Å²) in [7, 11) is -3.46. The number of sulfonamides is 1. The quantitative estimate of drug-likeness (QED) is 0.519. The number of anilines is 2. The molecule has 34 heavy (non-hydrogen) atoms. The fraction of sp³-hybridized carbons (Fsp3) is 0.478. The summed E-state index contributed by atoms with van der Waals surface area (Å²) in [6.07, 6.45) is 0.428. The van der Waals surface area contributed by atoms with E-state index in [-0.39, 0.29) is 30.2 Å². The van der Waals surface area contributed by atoms with E-state index in [1.54, 1.807) is 18.3 Å². The number of piperazine rings is 1. The van der Waals surface area contributed by atoms with E-state index in [2.05, 4.69) is 16.6 Å². The van der Waals surface area contributed by atoms with Crippen molar-refractivity contribution in [2.75, 3.05) is 41.6 Å². The third-order valence-corrected chi connectivity index (χ3v) is 7.02. The zero-order valence-electron chi connectivity index (χ0n) is 19.0. The molecule has 1 aliphatic rings. The van der Waals surface area contributed by atoms with Gasteiger partial charge in [-0.05, 0) is 30.7 Å². The molecule has 0 saturated carbocycles. The van der Waals surface area contributed by atoms with Crippen LogP contribution in [-0.2, 0) is 16.2 Å². The van der Waals surface area contributed by atoms with Crippen molar-refractivity contribution in [1.29, 1.82) is 0 Å². The summed E-state index contributed by atoms with van der Waals surface area (Å²) in [4.78, 5) is 20.3. The molecule has 0 atom stereocenters. The van der Waals surface area contributed by atoms with Crippen molar-refractivity contribution in [3.05, 3.63) is 53.7 Å². The first-order chi connectivity index (χ1) is 16.1. The van der Waals surface area contributed by atoms with Gasteiger partial charge < -0.3 is 9.80 Å². The molecule has 1 saturated heterocycles. The van der Waals surface area contributed by atoms with Gasteiger partial charge in [0.05, 0.1) is 28.8 Å². The minimum Gasteiger partial charge on any atom is -0.367 e. The number of nitrogens with one attached hydrogen (secondary N) is 1. The standard InChI is InChI=1S/C23H29F3N4O3S/c1-2-3-4-7-16-34(32,33)28-21-11-10-18(17-27-21)29-12-14-30(15-13-29)22(31)19-8-5-6-9-20(19)23(24,25)26/h5-6,8-11,17H,2-4,7,12-16H2,1H3,(H,27,28). The Hall–Kier alpha value is -2.82. The zero-order valence-corrected chi connectivity index (χ0v) is 19.8. The number of benzene rings is 1. The van der Waals surface area contributed by atoms with E-state index in [9.17, 15) is 26.4 Å². The van der Waals surface area contributed by atoms with Crippen LogP contribution in [0.4, 0.5) is 24.7 Å². The number of halogens is 3. The average molecular weight is 499 g/mol. The summed E-state index contributed by atoms with van der Waals surface area (Å²) < 4.78 is 66.6. The number of pyridine rings is 1. The van der Waals surface area contributed by atoms with Crippen LogP contribution >= 0.6 is 0 Å². The highest BCUT2D eigenvalue weighted by Gasteiger charge is 2.36. The Morgan fingerprint density at radius 2 is 1.74 bits per heavy atom. The van der Waals surface area contributed by atoms with E-state index in [1.807, 2.05) is 4.90 Å². The van der Waals surface area contributed by atoms with Crippen molar-refractivity contribution in [2.24, 2.45) is 0 Å². The lowest BCUT2D eigenvalue weighted by Gasteiger charge is -2.36. The Kier molecular flexibility index (Phi) is 8.40. The molecule has 1 aromatic heterocycles. The Morgan fingerprint density at radius 1 is 1.03 bits per heavy atom. The van der Waals surface area contributed by atoms with Crippen LogP contribution in [-0.4, -0.2) is 56.1 Å². The van der Waals surface area contributed by atoms with Crippen molar-refractivity contribution in [2.45, 2.75) is 38.8 Å². The van der Waals surface area contributed by atoms with E-state index in [0.29, 0.717) is 19.5 Å². The van der Waals surface area contributed by atoms with Gasteiger partial charge in [-0.3, -0.25) is 9.52 Å². The van der Waals surface area contributed by atoms with Crippen LogP contribution in [0.2, 0.25) is 0 Å². The van der Waals surface area contributed by atoms with Crippen molar-refractivity contribution >= 4 is 27.4 Å². The monoisotopic (exact) mass is 498 g/mol. The van der Waals surface area contributed by atoms with Gasteiger partial charge in [0.15, 0.2) is 0 Å². The molecule has 0 aliphatic carbocycles. The molecule has 0 radical (unpaired) electrons. The van der Waals surface area contributed by atoms with E-state index in [0.717, 1.165) is 31.0 Å². The molecule has 2 aromatic rings. The van der Waals surface area contributed by atoms with Crippen molar-refractivity contribution in [3.8, 4) is 0 Å².